The van der Waals surface area contributed by atoms with E-state index in [-0.39, 0.29) is 5.91 Å². The zero-order valence-corrected chi connectivity index (χ0v) is 13.8. The second kappa shape index (κ2) is 6.71. The van der Waals surface area contributed by atoms with Crippen molar-refractivity contribution >= 4 is 40.2 Å². The quantitative estimate of drug-likeness (QED) is 0.489. The Morgan fingerprint density at radius 3 is 2.33 bits per heavy atom. The number of anilines is 1. The fraction of sp³-hybridized carbons (Fsp3) is 0.125. The van der Waals surface area contributed by atoms with Gasteiger partial charge in [-0.2, -0.15) is 0 Å². The zero-order chi connectivity index (χ0) is 15.4. The van der Waals surface area contributed by atoms with Crippen molar-refractivity contribution in [1.29, 1.82) is 0 Å². The van der Waals surface area contributed by atoms with E-state index in [9.17, 15) is 9.59 Å². The van der Waals surface area contributed by atoms with E-state index < -0.39 is 5.97 Å². The number of esters is 1. The summed E-state index contributed by atoms with van der Waals surface area (Å²) in [6.07, 6.45) is 0. The van der Waals surface area contributed by atoms with Crippen LogP contribution in [0.2, 0.25) is 0 Å². The molecular formula is C16H14INO3. The fourth-order valence-electron chi connectivity index (χ4n) is 1.70. The molecule has 2 aromatic carbocycles. The minimum atomic E-state index is -0.403. The van der Waals surface area contributed by atoms with Gasteiger partial charge in [0.1, 0.15) is 5.75 Å². The van der Waals surface area contributed by atoms with Gasteiger partial charge in [-0.1, -0.05) is 6.07 Å². The smallest absolute Gasteiger partial charge is 0.343 e. The average molecular weight is 395 g/mol. The fourth-order valence-corrected chi connectivity index (χ4v) is 2.21. The van der Waals surface area contributed by atoms with Gasteiger partial charge in [-0.25, -0.2) is 4.79 Å². The van der Waals surface area contributed by atoms with E-state index in [4.69, 9.17) is 4.74 Å². The van der Waals surface area contributed by atoms with E-state index in [1.807, 2.05) is 13.0 Å². The van der Waals surface area contributed by atoms with Crippen LogP contribution in [0.4, 0.5) is 5.69 Å². The van der Waals surface area contributed by atoms with Crippen LogP contribution in [0.1, 0.15) is 22.8 Å². The van der Waals surface area contributed by atoms with E-state index in [1.54, 1.807) is 36.4 Å². The Hall–Kier alpha value is -1.89. The van der Waals surface area contributed by atoms with Crippen molar-refractivity contribution in [2.75, 3.05) is 5.32 Å². The third kappa shape index (κ3) is 4.29. The van der Waals surface area contributed by atoms with Gasteiger partial charge >= 0.3 is 5.97 Å². The standard InChI is InChI=1S/C16H14INO3/c1-10-3-4-12(9-15(10)17)16(20)21-14-7-5-13(6-8-14)18-11(2)19/h3-9H,1-2H3,(H,18,19). The van der Waals surface area contributed by atoms with Gasteiger partial charge < -0.3 is 10.1 Å². The molecule has 0 aliphatic rings. The minimum Gasteiger partial charge on any atom is -0.423 e. The number of hydrogen-bond acceptors (Lipinski definition) is 3. The topological polar surface area (TPSA) is 55.4 Å². The molecule has 0 saturated heterocycles. The number of ether oxygens (including phenoxy) is 1. The van der Waals surface area contributed by atoms with Crippen LogP contribution in [0.15, 0.2) is 42.5 Å². The van der Waals surface area contributed by atoms with E-state index in [0.717, 1.165) is 9.13 Å². The highest BCUT2D eigenvalue weighted by Crippen LogP contribution is 2.19. The maximum Gasteiger partial charge on any atom is 0.343 e. The first-order chi connectivity index (χ1) is 9.95. The summed E-state index contributed by atoms with van der Waals surface area (Å²) in [6, 6.07) is 12.1. The van der Waals surface area contributed by atoms with Crippen LogP contribution in [0.5, 0.6) is 5.75 Å². The van der Waals surface area contributed by atoms with Gasteiger partial charge in [-0.15, -0.1) is 0 Å². The van der Waals surface area contributed by atoms with Crippen molar-refractivity contribution < 1.29 is 14.3 Å². The second-order valence-corrected chi connectivity index (χ2v) is 5.72. The SMILES string of the molecule is CC(=O)Nc1ccc(OC(=O)c2ccc(C)c(I)c2)cc1. The lowest BCUT2D eigenvalue weighted by Gasteiger charge is -2.07. The molecule has 2 aromatic rings. The molecule has 0 radical (unpaired) electrons. The number of carbonyl (C=O) groups excluding carboxylic acids is 2. The number of amides is 1. The van der Waals surface area contributed by atoms with Crippen LogP contribution in [-0.2, 0) is 4.79 Å². The average Bonchev–Trinajstić information content (AvgIpc) is 2.43. The molecule has 0 aliphatic carbocycles. The highest BCUT2D eigenvalue weighted by atomic mass is 127. The highest BCUT2D eigenvalue weighted by Gasteiger charge is 2.10. The molecule has 4 nitrogen and oxygen atoms in total. The van der Waals surface area contributed by atoms with Gasteiger partial charge in [0.2, 0.25) is 5.91 Å². The second-order valence-electron chi connectivity index (χ2n) is 4.56. The van der Waals surface area contributed by atoms with Crippen LogP contribution in [0.25, 0.3) is 0 Å². The Balaban J connectivity index is 2.08. The zero-order valence-electron chi connectivity index (χ0n) is 11.6. The summed E-state index contributed by atoms with van der Waals surface area (Å²) in [6.45, 7) is 3.42. The van der Waals surface area contributed by atoms with Gasteiger partial charge in [-0.3, -0.25) is 4.79 Å². The number of rotatable bonds is 3. The molecule has 2 rings (SSSR count). The maximum absolute atomic E-state index is 12.0. The molecule has 5 heteroatoms. The number of benzene rings is 2. The lowest BCUT2D eigenvalue weighted by Crippen LogP contribution is -2.09. The van der Waals surface area contributed by atoms with E-state index in [2.05, 4.69) is 27.9 Å². The van der Waals surface area contributed by atoms with E-state index in [0.29, 0.717) is 17.0 Å². The molecule has 1 N–H and O–H groups in total. The van der Waals surface area contributed by atoms with Crippen molar-refractivity contribution in [2.24, 2.45) is 0 Å². The van der Waals surface area contributed by atoms with Crippen molar-refractivity contribution in [3.63, 3.8) is 0 Å². The molecule has 0 fully saturated rings. The molecule has 0 unspecified atom stereocenters. The molecule has 0 bridgehead atoms. The highest BCUT2D eigenvalue weighted by molar-refractivity contribution is 14.1. The van der Waals surface area contributed by atoms with Crippen LogP contribution in [0, 0.1) is 10.5 Å². The van der Waals surface area contributed by atoms with Gasteiger partial charge in [0.25, 0.3) is 0 Å². The Kier molecular flexibility index (Phi) is 4.95. The monoisotopic (exact) mass is 395 g/mol. The summed E-state index contributed by atoms with van der Waals surface area (Å²) in [5.74, 6) is -0.112. The number of aryl methyl sites for hydroxylation is 1. The van der Waals surface area contributed by atoms with Gasteiger partial charge in [0, 0.05) is 16.2 Å². The molecule has 1 amide bonds. The predicted molar refractivity (Wildman–Crippen MR) is 89.6 cm³/mol. The third-order valence-corrected chi connectivity index (χ3v) is 3.95. The van der Waals surface area contributed by atoms with Crippen molar-refractivity contribution in [1.82, 2.24) is 0 Å². The Morgan fingerprint density at radius 1 is 1.10 bits per heavy atom. The molecular weight excluding hydrogens is 381 g/mol. The van der Waals surface area contributed by atoms with Crippen LogP contribution < -0.4 is 10.1 Å². The van der Waals surface area contributed by atoms with E-state index in [1.165, 1.54) is 6.92 Å². The normalized spacial score (nSPS) is 10.0. The van der Waals surface area contributed by atoms with Gasteiger partial charge in [-0.05, 0) is 71.5 Å². The maximum atomic E-state index is 12.0. The van der Waals surface area contributed by atoms with E-state index >= 15 is 0 Å². The molecule has 0 spiro atoms. The summed E-state index contributed by atoms with van der Waals surface area (Å²) >= 11 is 2.18. The number of carbonyl (C=O) groups is 2. The Morgan fingerprint density at radius 2 is 1.76 bits per heavy atom. The Bertz CT molecular complexity index is 680. The van der Waals surface area contributed by atoms with Crippen molar-refractivity contribution in [2.45, 2.75) is 13.8 Å². The molecule has 108 valence electrons. The lowest BCUT2D eigenvalue weighted by molar-refractivity contribution is -0.114. The van der Waals surface area contributed by atoms with Crippen LogP contribution >= 0.6 is 22.6 Å². The predicted octanol–water partition coefficient (Wildman–Crippen LogP) is 3.78. The summed E-state index contributed by atoms with van der Waals surface area (Å²) in [7, 11) is 0. The molecule has 0 aromatic heterocycles. The largest absolute Gasteiger partial charge is 0.423 e. The van der Waals surface area contributed by atoms with Crippen LogP contribution in [0.3, 0.4) is 0 Å². The Labute approximate surface area is 136 Å². The summed E-state index contributed by atoms with van der Waals surface area (Å²) < 4.78 is 6.32. The number of hydrogen-bond donors (Lipinski definition) is 1. The minimum absolute atomic E-state index is 0.144. The molecule has 0 saturated carbocycles. The van der Waals surface area contributed by atoms with Crippen molar-refractivity contribution in [3.8, 4) is 5.75 Å². The van der Waals surface area contributed by atoms with Crippen molar-refractivity contribution in [3.05, 3.63) is 57.2 Å². The van der Waals surface area contributed by atoms with Gasteiger partial charge in [0.05, 0.1) is 5.56 Å². The molecule has 0 heterocycles. The first kappa shape index (κ1) is 15.5. The lowest BCUT2D eigenvalue weighted by atomic mass is 10.1. The van der Waals surface area contributed by atoms with Gasteiger partial charge in [0.15, 0.2) is 0 Å². The molecule has 21 heavy (non-hydrogen) atoms. The summed E-state index contributed by atoms with van der Waals surface area (Å²) in [4.78, 5) is 23.0. The summed E-state index contributed by atoms with van der Waals surface area (Å²) in [5, 5.41) is 2.65. The first-order valence-corrected chi connectivity index (χ1v) is 7.39. The van der Waals surface area contributed by atoms with Crippen LogP contribution in [-0.4, -0.2) is 11.9 Å². The summed E-state index contributed by atoms with van der Waals surface area (Å²) in [5.41, 5.74) is 2.29. The first-order valence-electron chi connectivity index (χ1n) is 6.31. The third-order valence-electron chi connectivity index (χ3n) is 2.79. The number of halogens is 1. The number of nitrogens with one attached hydrogen (secondary N) is 1. The molecule has 0 atom stereocenters. The molecule has 0 aliphatic heterocycles.